The van der Waals surface area contributed by atoms with Crippen LogP contribution in [0.5, 0.6) is 0 Å². The Morgan fingerprint density at radius 3 is 2.17 bits per heavy atom. The molecule has 0 fully saturated rings. The molecule has 0 saturated carbocycles. The number of hydrogen-bond acceptors (Lipinski definition) is 3. The Kier molecular flexibility index (Phi) is 4.04. The Morgan fingerprint density at radius 2 is 1.72 bits per heavy atom. The average molecular weight is 251 g/mol. The third kappa shape index (κ3) is 2.65. The van der Waals surface area contributed by atoms with Crippen molar-refractivity contribution in [1.82, 2.24) is 0 Å². The lowest BCUT2D eigenvalue weighted by molar-refractivity contribution is -0.139. The summed E-state index contributed by atoms with van der Waals surface area (Å²) in [5.74, 6) is -2.95. The van der Waals surface area contributed by atoms with E-state index in [0.29, 0.717) is 0 Å². The first kappa shape index (κ1) is 13.7. The Bertz CT molecular complexity index is 497. The topological polar surface area (TPSA) is 94.9 Å². The molecular weight excluding hydrogens is 238 g/mol. The summed E-state index contributed by atoms with van der Waals surface area (Å²) in [5.41, 5.74) is -0.0341. The van der Waals surface area contributed by atoms with E-state index in [-0.39, 0.29) is 11.3 Å². The molecule has 6 heteroatoms. The third-order valence-electron chi connectivity index (χ3n) is 2.48. The van der Waals surface area contributed by atoms with Crippen LogP contribution in [0.15, 0.2) is 24.3 Å². The highest BCUT2D eigenvalue weighted by Gasteiger charge is 2.27. The molecule has 0 spiro atoms. The highest BCUT2D eigenvalue weighted by Crippen LogP contribution is 2.23. The van der Waals surface area contributed by atoms with Crippen LogP contribution in [0.3, 0.4) is 0 Å². The van der Waals surface area contributed by atoms with Gasteiger partial charge in [-0.05, 0) is 19.1 Å². The van der Waals surface area contributed by atoms with Crippen LogP contribution in [-0.4, -0.2) is 34.1 Å². The molecule has 0 unspecified atom stereocenters. The lowest BCUT2D eigenvalue weighted by atomic mass is 10.1. The molecule has 0 bridgehead atoms. The summed E-state index contributed by atoms with van der Waals surface area (Å²) in [7, 11) is 0. The van der Waals surface area contributed by atoms with Crippen molar-refractivity contribution in [2.75, 3.05) is 4.90 Å². The maximum Gasteiger partial charge on any atom is 0.337 e. The van der Waals surface area contributed by atoms with Crippen molar-refractivity contribution in [2.24, 2.45) is 0 Å². The molecule has 96 valence electrons. The fourth-order valence-electron chi connectivity index (χ4n) is 1.63. The lowest BCUT2D eigenvalue weighted by Crippen LogP contribution is -2.43. The molecule has 0 saturated heterocycles. The number of rotatable bonds is 4. The van der Waals surface area contributed by atoms with Gasteiger partial charge in [0.05, 0.1) is 11.3 Å². The molecule has 0 aliphatic carbocycles. The summed E-state index contributed by atoms with van der Waals surface area (Å²) in [6.07, 6.45) is 0. The first-order valence-electron chi connectivity index (χ1n) is 5.21. The number of carboxylic acids is 2. The molecule has 0 aromatic heterocycles. The molecule has 2 N–H and O–H groups in total. The van der Waals surface area contributed by atoms with Crippen molar-refractivity contribution in [2.45, 2.75) is 19.9 Å². The van der Waals surface area contributed by atoms with Crippen molar-refractivity contribution < 1.29 is 24.6 Å². The SMILES string of the molecule is CC(=O)N(c1ccccc1C(=O)O)[C@H](C)C(=O)O. The minimum atomic E-state index is -1.21. The largest absolute Gasteiger partial charge is 0.480 e. The van der Waals surface area contributed by atoms with Gasteiger partial charge in [-0.2, -0.15) is 0 Å². The molecular formula is C12H13NO5. The number of aromatic carboxylic acids is 1. The van der Waals surface area contributed by atoms with Gasteiger partial charge < -0.3 is 10.2 Å². The number of carboxylic acid groups (broad SMARTS) is 2. The van der Waals surface area contributed by atoms with Gasteiger partial charge in [0.1, 0.15) is 6.04 Å². The van der Waals surface area contributed by atoms with E-state index >= 15 is 0 Å². The van der Waals surface area contributed by atoms with Crippen molar-refractivity contribution in [3.05, 3.63) is 29.8 Å². The molecule has 0 radical (unpaired) electrons. The molecule has 0 heterocycles. The van der Waals surface area contributed by atoms with Gasteiger partial charge in [-0.25, -0.2) is 9.59 Å². The van der Waals surface area contributed by atoms with Crippen LogP contribution in [0.25, 0.3) is 0 Å². The average Bonchev–Trinajstić information content (AvgIpc) is 2.28. The molecule has 6 nitrogen and oxygen atoms in total. The van der Waals surface area contributed by atoms with Gasteiger partial charge in [0, 0.05) is 6.92 Å². The van der Waals surface area contributed by atoms with Crippen molar-refractivity contribution in [1.29, 1.82) is 0 Å². The molecule has 1 aromatic carbocycles. The highest BCUT2D eigenvalue weighted by molar-refractivity contribution is 6.04. The minimum Gasteiger partial charge on any atom is -0.480 e. The second-order valence-corrected chi connectivity index (χ2v) is 3.73. The van der Waals surface area contributed by atoms with Crippen molar-refractivity contribution in [3.63, 3.8) is 0 Å². The number of aliphatic carboxylic acids is 1. The predicted molar refractivity (Wildman–Crippen MR) is 63.7 cm³/mol. The number of anilines is 1. The standard InChI is InChI=1S/C12H13NO5/c1-7(11(15)16)13(8(2)14)10-6-4-3-5-9(10)12(17)18/h3-7H,1-2H3,(H,15,16)(H,17,18)/t7-/m1/s1. The summed E-state index contributed by atoms with van der Waals surface area (Å²) >= 11 is 0. The van der Waals surface area contributed by atoms with E-state index in [1.165, 1.54) is 32.0 Å². The zero-order valence-electron chi connectivity index (χ0n) is 9.95. The van der Waals surface area contributed by atoms with E-state index in [2.05, 4.69) is 0 Å². The Balaban J connectivity index is 3.35. The smallest absolute Gasteiger partial charge is 0.337 e. The van der Waals surface area contributed by atoms with E-state index in [0.717, 1.165) is 4.90 Å². The molecule has 0 aliphatic rings. The number of amides is 1. The molecule has 0 aliphatic heterocycles. The molecule has 1 rings (SSSR count). The van der Waals surface area contributed by atoms with Crippen LogP contribution < -0.4 is 4.90 Å². The van der Waals surface area contributed by atoms with Gasteiger partial charge in [0.25, 0.3) is 0 Å². The van der Waals surface area contributed by atoms with E-state index in [1.54, 1.807) is 6.07 Å². The van der Waals surface area contributed by atoms with Gasteiger partial charge in [-0.1, -0.05) is 12.1 Å². The summed E-state index contributed by atoms with van der Waals surface area (Å²) in [5, 5.41) is 18.0. The van der Waals surface area contributed by atoms with E-state index in [4.69, 9.17) is 10.2 Å². The van der Waals surface area contributed by atoms with E-state index < -0.39 is 23.9 Å². The molecule has 18 heavy (non-hydrogen) atoms. The van der Waals surface area contributed by atoms with Gasteiger partial charge in [-0.15, -0.1) is 0 Å². The molecule has 1 atom stereocenters. The minimum absolute atomic E-state index is 0.0763. The Hall–Kier alpha value is -2.37. The highest BCUT2D eigenvalue weighted by atomic mass is 16.4. The molecule has 1 aromatic rings. The summed E-state index contributed by atoms with van der Waals surface area (Å²) in [6, 6.07) is 4.65. The van der Waals surface area contributed by atoms with Crippen LogP contribution in [0, 0.1) is 0 Å². The predicted octanol–water partition coefficient (Wildman–Crippen LogP) is 1.21. The first-order chi connectivity index (χ1) is 8.36. The van der Waals surface area contributed by atoms with Gasteiger partial charge in [0.2, 0.25) is 5.91 Å². The summed E-state index contributed by atoms with van der Waals surface area (Å²) in [4.78, 5) is 34.5. The number of carbonyl (C=O) groups is 3. The van der Waals surface area contributed by atoms with Crippen LogP contribution in [0.2, 0.25) is 0 Å². The van der Waals surface area contributed by atoms with Crippen LogP contribution in [-0.2, 0) is 9.59 Å². The van der Waals surface area contributed by atoms with Gasteiger partial charge in [-0.3, -0.25) is 9.69 Å². The fraction of sp³-hybridized carbons (Fsp3) is 0.250. The normalized spacial score (nSPS) is 11.7. The van der Waals surface area contributed by atoms with Crippen molar-refractivity contribution >= 4 is 23.5 Å². The zero-order chi connectivity index (χ0) is 13.9. The lowest BCUT2D eigenvalue weighted by Gasteiger charge is -2.26. The monoisotopic (exact) mass is 251 g/mol. The number of para-hydroxylation sites is 1. The second-order valence-electron chi connectivity index (χ2n) is 3.73. The number of benzene rings is 1. The van der Waals surface area contributed by atoms with Gasteiger partial charge >= 0.3 is 11.9 Å². The summed E-state index contributed by atoms with van der Waals surface area (Å²) in [6.45, 7) is 2.51. The van der Waals surface area contributed by atoms with Gasteiger partial charge in [0.15, 0.2) is 0 Å². The second kappa shape index (κ2) is 5.31. The number of nitrogens with zero attached hydrogens (tertiary/aromatic N) is 1. The Labute approximate surface area is 103 Å². The number of hydrogen-bond donors (Lipinski definition) is 2. The third-order valence-corrected chi connectivity index (χ3v) is 2.48. The summed E-state index contributed by atoms with van der Waals surface area (Å²) < 4.78 is 0. The maximum absolute atomic E-state index is 11.5. The van der Waals surface area contributed by atoms with E-state index in [9.17, 15) is 14.4 Å². The van der Waals surface area contributed by atoms with Crippen LogP contribution in [0.1, 0.15) is 24.2 Å². The first-order valence-corrected chi connectivity index (χ1v) is 5.21. The maximum atomic E-state index is 11.5. The van der Waals surface area contributed by atoms with Crippen molar-refractivity contribution in [3.8, 4) is 0 Å². The zero-order valence-corrected chi connectivity index (χ0v) is 9.95. The number of carbonyl (C=O) groups excluding carboxylic acids is 1. The Morgan fingerprint density at radius 1 is 1.17 bits per heavy atom. The van der Waals surface area contributed by atoms with Crippen LogP contribution >= 0.6 is 0 Å². The van der Waals surface area contributed by atoms with Crippen LogP contribution in [0.4, 0.5) is 5.69 Å². The van der Waals surface area contributed by atoms with E-state index in [1.807, 2.05) is 0 Å². The fourth-order valence-corrected chi connectivity index (χ4v) is 1.63. The molecule has 1 amide bonds. The quantitative estimate of drug-likeness (QED) is 0.838.